The zero-order chi connectivity index (χ0) is 18.7. The number of anilines is 1. The van der Waals surface area contributed by atoms with E-state index in [0.717, 1.165) is 19.3 Å². The Hall–Kier alpha value is -2.53. The molecule has 0 heterocycles. The molecular formula is C20H21ClN2O3. The van der Waals surface area contributed by atoms with Gasteiger partial charge in [-0.2, -0.15) is 0 Å². The van der Waals surface area contributed by atoms with Gasteiger partial charge in [0.15, 0.2) is 0 Å². The molecule has 26 heavy (non-hydrogen) atoms. The highest BCUT2D eigenvalue weighted by atomic mass is 35.5. The van der Waals surface area contributed by atoms with Crippen molar-refractivity contribution >= 4 is 29.1 Å². The summed E-state index contributed by atoms with van der Waals surface area (Å²) in [5.74, 6) is 0.0193. The van der Waals surface area contributed by atoms with Gasteiger partial charge in [-0.25, -0.2) is 0 Å². The minimum absolute atomic E-state index is 0.0639. The number of rotatable bonds is 5. The molecular weight excluding hydrogens is 352 g/mol. The molecule has 0 bridgehead atoms. The fourth-order valence-electron chi connectivity index (χ4n) is 3.18. The molecule has 5 nitrogen and oxygen atoms in total. The third-order valence-corrected chi connectivity index (χ3v) is 4.74. The van der Waals surface area contributed by atoms with Gasteiger partial charge < -0.3 is 15.0 Å². The second-order valence-electron chi connectivity index (χ2n) is 6.39. The summed E-state index contributed by atoms with van der Waals surface area (Å²) < 4.78 is 5.21. The zero-order valence-corrected chi connectivity index (χ0v) is 15.6. The summed E-state index contributed by atoms with van der Waals surface area (Å²) in [5, 5.41) is 3.23. The lowest BCUT2D eigenvalue weighted by Gasteiger charge is -2.18. The summed E-state index contributed by atoms with van der Waals surface area (Å²) in [7, 11) is 3.13. The lowest BCUT2D eigenvalue weighted by Crippen LogP contribution is -2.35. The highest BCUT2D eigenvalue weighted by Gasteiger charge is 2.19. The third-order valence-electron chi connectivity index (χ3n) is 4.51. The summed E-state index contributed by atoms with van der Waals surface area (Å²) in [6.07, 6.45) is 3.21. The first-order valence-electron chi connectivity index (χ1n) is 8.48. The number of nitrogens with zero attached hydrogens (tertiary/aromatic N) is 1. The Morgan fingerprint density at radius 3 is 2.69 bits per heavy atom. The second-order valence-corrected chi connectivity index (χ2v) is 6.83. The lowest BCUT2D eigenvalue weighted by molar-refractivity contribution is -0.116. The summed E-state index contributed by atoms with van der Waals surface area (Å²) >= 11 is 5.97. The average Bonchev–Trinajstić information content (AvgIpc) is 3.08. The maximum Gasteiger partial charge on any atom is 0.254 e. The first-order valence-corrected chi connectivity index (χ1v) is 8.86. The minimum Gasteiger partial charge on any atom is -0.495 e. The highest BCUT2D eigenvalue weighted by molar-refractivity contribution is 6.31. The molecule has 0 radical (unpaired) electrons. The van der Waals surface area contributed by atoms with E-state index in [1.54, 1.807) is 25.2 Å². The maximum atomic E-state index is 12.6. The number of benzene rings is 2. The van der Waals surface area contributed by atoms with E-state index in [2.05, 4.69) is 5.32 Å². The topological polar surface area (TPSA) is 58.6 Å². The number of aryl methyl sites for hydroxylation is 2. The molecule has 2 aromatic carbocycles. The Bertz CT molecular complexity index is 851. The Kier molecular flexibility index (Phi) is 5.47. The van der Waals surface area contributed by atoms with Crippen LogP contribution in [0.2, 0.25) is 5.02 Å². The fraction of sp³-hybridized carbons (Fsp3) is 0.300. The monoisotopic (exact) mass is 372 g/mol. The summed E-state index contributed by atoms with van der Waals surface area (Å²) in [5.41, 5.74) is 3.64. The number of fused-ring (bicyclic) bond motifs is 1. The van der Waals surface area contributed by atoms with Crippen LogP contribution in [0.25, 0.3) is 0 Å². The normalized spacial score (nSPS) is 12.4. The summed E-state index contributed by atoms with van der Waals surface area (Å²) in [4.78, 5) is 26.3. The predicted molar refractivity (Wildman–Crippen MR) is 102 cm³/mol. The molecule has 0 aromatic heterocycles. The van der Waals surface area contributed by atoms with Crippen LogP contribution in [0, 0.1) is 0 Å². The number of amides is 2. The molecule has 0 fully saturated rings. The highest BCUT2D eigenvalue weighted by Crippen LogP contribution is 2.27. The van der Waals surface area contributed by atoms with Crippen LogP contribution in [0.15, 0.2) is 36.4 Å². The average molecular weight is 373 g/mol. The van der Waals surface area contributed by atoms with Crippen molar-refractivity contribution in [2.24, 2.45) is 0 Å². The molecule has 1 aliphatic carbocycles. The molecule has 1 N–H and O–H groups in total. The van der Waals surface area contributed by atoms with Crippen molar-refractivity contribution in [2.75, 3.05) is 26.0 Å². The van der Waals surface area contributed by atoms with Gasteiger partial charge in [0, 0.05) is 17.6 Å². The summed E-state index contributed by atoms with van der Waals surface area (Å²) in [6.45, 7) is -0.0639. The first-order chi connectivity index (χ1) is 12.5. The summed E-state index contributed by atoms with van der Waals surface area (Å²) in [6, 6.07) is 10.8. The number of carbonyl (C=O) groups excluding carboxylic acids is 2. The molecule has 136 valence electrons. The fourth-order valence-corrected chi connectivity index (χ4v) is 3.35. The van der Waals surface area contributed by atoms with Gasteiger partial charge in [-0.1, -0.05) is 17.7 Å². The Morgan fingerprint density at radius 2 is 1.92 bits per heavy atom. The van der Waals surface area contributed by atoms with Gasteiger partial charge in [0.05, 0.1) is 19.3 Å². The Balaban J connectivity index is 1.65. The number of ether oxygens (including phenoxy) is 1. The van der Waals surface area contributed by atoms with Crippen molar-refractivity contribution in [3.8, 4) is 5.75 Å². The molecule has 3 rings (SSSR count). The molecule has 2 aromatic rings. The quantitative estimate of drug-likeness (QED) is 0.873. The van der Waals surface area contributed by atoms with Gasteiger partial charge in [0.2, 0.25) is 5.91 Å². The maximum absolute atomic E-state index is 12.6. The van der Waals surface area contributed by atoms with Crippen molar-refractivity contribution in [3.63, 3.8) is 0 Å². The van der Waals surface area contributed by atoms with Crippen LogP contribution in [0.3, 0.4) is 0 Å². The molecule has 6 heteroatoms. The lowest BCUT2D eigenvalue weighted by atomic mass is 10.1. The minimum atomic E-state index is -0.317. The predicted octanol–water partition coefficient (Wildman–Crippen LogP) is 3.55. The van der Waals surface area contributed by atoms with Gasteiger partial charge in [-0.05, 0) is 60.7 Å². The number of hydrogen-bond donors (Lipinski definition) is 1. The first kappa shape index (κ1) is 18.3. The number of nitrogens with one attached hydrogen (secondary N) is 1. The van der Waals surface area contributed by atoms with Crippen LogP contribution in [0.1, 0.15) is 27.9 Å². The number of methoxy groups -OCH3 is 1. The largest absolute Gasteiger partial charge is 0.495 e. The van der Waals surface area contributed by atoms with E-state index in [4.69, 9.17) is 16.3 Å². The Labute approximate surface area is 157 Å². The van der Waals surface area contributed by atoms with Gasteiger partial charge in [-0.3, -0.25) is 9.59 Å². The Morgan fingerprint density at radius 1 is 1.15 bits per heavy atom. The number of halogens is 1. The van der Waals surface area contributed by atoms with Crippen LogP contribution in [0.5, 0.6) is 5.75 Å². The third kappa shape index (κ3) is 3.99. The van der Waals surface area contributed by atoms with Crippen molar-refractivity contribution in [1.82, 2.24) is 4.90 Å². The van der Waals surface area contributed by atoms with Crippen LogP contribution in [0.4, 0.5) is 5.69 Å². The SMILES string of the molecule is COc1ccc(Cl)cc1NC(=O)CN(C)C(=O)c1ccc2c(c1)CCC2. The number of carbonyl (C=O) groups is 2. The van der Waals surface area contributed by atoms with E-state index >= 15 is 0 Å². The molecule has 0 saturated carbocycles. The van der Waals surface area contributed by atoms with E-state index in [9.17, 15) is 9.59 Å². The van der Waals surface area contributed by atoms with E-state index in [-0.39, 0.29) is 18.4 Å². The van der Waals surface area contributed by atoms with Gasteiger partial charge in [0.1, 0.15) is 5.75 Å². The molecule has 0 saturated heterocycles. The van der Waals surface area contributed by atoms with E-state index in [0.29, 0.717) is 22.0 Å². The molecule has 2 amide bonds. The van der Waals surface area contributed by atoms with Crippen molar-refractivity contribution in [1.29, 1.82) is 0 Å². The smallest absolute Gasteiger partial charge is 0.254 e. The van der Waals surface area contributed by atoms with Crippen LogP contribution < -0.4 is 10.1 Å². The van der Waals surface area contributed by atoms with Crippen molar-refractivity contribution in [3.05, 3.63) is 58.1 Å². The molecule has 0 spiro atoms. The van der Waals surface area contributed by atoms with Crippen LogP contribution >= 0.6 is 11.6 Å². The van der Waals surface area contributed by atoms with Gasteiger partial charge >= 0.3 is 0 Å². The number of hydrogen-bond acceptors (Lipinski definition) is 3. The standard InChI is InChI=1S/C20H21ClN2O3/c1-23(20(25)15-7-6-13-4-3-5-14(13)10-15)12-19(24)22-17-11-16(21)8-9-18(17)26-2/h6-11H,3-5,12H2,1-2H3,(H,22,24). The van der Waals surface area contributed by atoms with E-state index < -0.39 is 0 Å². The van der Waals surface area contributed by atoms with Gasteiger partial charge in [-0.15, -0.1) is 0 Å². The van der Waals surface area contributed by atoms with Gasteiger partial charge in [0.25, 0.3) is 5.91 Å². The van der Waals surface area contributed by atoms with Crippen LogP contribution in [-0.2, 0) is 17.6 Å². The van der Waals surface area contributed by atoms with Crippen LogP contribution in [-0.4, -0.2) is 37.4 Å². The number of likely N-dealkylation sites (N-methyl/N-ethyl adjacent to an activating group) is 1. The molecule has 1 aliphatic rings. The van der Waals surface area contributed by atoms with E-state index in [1.807, 2.05) is 18.2 Å². The van der Waals surface area contributed by atoms with E-state index in [1.165, 1.54) is 23.1 Å². The molecule has 0 atom stereocenters. The molecule has 0 aliphatic heterocycles. The second kappa shape index (κ2) is 7.79. The van der Waals surface area contributed by atoms with Crippen molar-refractivity contribution in [2.45, 2.75) is 19.3 Å². The van der Waals surface area contributed by atoms with Crippen molar-refractivity contribution < 1.29 is 14.3 Å². The zero-order valence-electron chi connectivity index (χ0n) is 14.8. The molecule has 0 unspecified atom stereocenters.